The number of amides is 2. The Morgan fingerprint density at radius 3 is 2.68 bits per heavy atom. The molecular formula is C17H11BrCl2FN5O2. The van der Waals surface area contributed by atoms with Crippen molar-refractivity contribution in [3.05, 3.63) is 68.8 Å². The highest BCUT2D eigenvalue weighted by atomic mass is 79.9. The second kappa shape index (κ2) is 8.68. The number of carbonyl (C=O) groups excluding carboxylic acids is 2. The van der Waals surface area contributed by atoms with Gasteiger partial charge in [-0.25, -0.2) is 14.1 Å². The Kier molecular flexibility index (Phi) is 6.28. The first kappa shape index (κ1) is 20.2. The van der Waals surface area contributed by atoms with Gasteiger partial charge in [0.15, 0.2) is 5.82 Å². The van der Waals surface area contributed by atoms with Crippen LogP contribution in [0.4, 0.5) is 10.1 Å². The normalized spacial score (nSPS) is 10.6. The molecule has 0 fully saturated rings. The molecule has 0 atom stereocenters. The van der Waals surface area contributed by atoms with Crippen LogP contribution in [0.5, 0.6) is 0 Å². The van der Waals surface area contributed by atoms with Gasteiger partial charge in [0.05, 0.1) is 16.6 Å². The van der Waals surface area contributed by atoms with E-state index in [0.29, 0.717) is 15.3 Å². The molecule has 0 aliphatic rings. The Balaban J connectivity index is 1.69. The van der Waals surface area contributed by atoms with Crippen molar-refractivity contribution in [3.63, 3.8) is 0 Å². The van der Waals surface area contributed by atoms with Crippen molar-refractivity contribution in [2.24, 2.45) is 0 Å². The number of carbonyl (C=O) groups is 2. The Labute approximate surface area is 177 Å². The molecule has 3 rings (SSSR count). The predicted octanol–water partition coefficient (Wildman–Crippen LogP) is 3.84. The first-order chi connectivity index (χ1) is 13.3. The summed E-state index contributed by atoms with van der Waals surface area (Å²) in [5.41, 5.74) is 0.434. The molecule has 3 aromatic rings. The van der Waals surface area contributed by atoms with E-state index >= 15 is 0 Å². The van der Waals surface area contributed by atoms with Crippen molar-refractivity contribution in [2.75, 3.05) is 11.9 Å². The van der Waals surface area contributed by atoms with Crippen molar-refractivity contribution in [1.82, 2.24) is 20.1 Å². The molecule has 28 heavy (non-hydrogen) atoms. The number of rotatable bonds is 5. The summed E-state index contributed by atoms with van der Waals surface area (Å²) in [5.74, 6) is -1.41. The number of nitrogens with zero attached hydrogens (tertiary/aromatic N) is 3. The maximum absolute atomic E-state index is 13.2. The van der Waals surface area contributed by atoms with E-state index in [9.17, 15) is 14.0 Å². The molecular weight excluding hydrogens is 476 g/mol. The average molecular weight is 487 g/mol. The minimum Gasteiger partial charge on any atom is -0.342 e. The first-order valence-corrected chi connectivity index (χ1v) is 9.29. The largest absolute Gasteiger partial charge is 0.342 e. The van der Waals surface area contributed by atoms with Crippen LogP contribution in [0.15, 0.2) is 47.2 Å². The molecule has 0 spiro atoms. The third-order valence-corrected chi connectivity index (χ3v) is 4.44. The Hall–Kier alpha value is -2.49. The monoisotopic (exact) mass is 485 g/mol. The number of hydrogen-bond donors (Lipinski definition) is 2. The predicted molar refractivity (Wildman–Crippen MR) is 106 cm³/mol. The van der Waals surface area contributed by atoms with Crippen molar-refractivity contribution in [1.29, 1.82) is 0 Å². The fourth-order valence-electron chi connectivity index (χ4n) is 2.24. The summed E-state index contributed by atoms with van der Waals surface area (Å²) in [6, 6.07) is 8.49. The molecule has 1 aromatic carbocycles. The number of pyridine rings is 1. The van der Waals surface area contributed by atoms with Crippen LogP contribution >= 0.6 is 39.1 Å². The zero-order chi connectivity index (χ0) is 20.3. The molecule has 2 N–H and O–H groups in total. The summed E-state index contributed by atoms with van der Waals surface area (Å²) in [6.45, 7) is -0.327. The van der Waals surface area contributed by atoms with Crippen LogP contribution in [-0.4, -0.2) is 33.1 Å². The van der Waals surface area contributed by atoms with Crippen molar-refractivity contribution < 1.29 is 14.0 Å². The quantitative estimate of drug-likeness (QED) is 0.573. The number of hydrogen-bond acceptors (Lipinski definition) is 4. The molecule has 0 aliphatic carbocycles. The van der Waals surface area contributed by atoms with E-state index in [1.165, 1.54) is 29.1 Å². The summed E-state index contributed by atoms with van der Waals surface area (Å²) in [7, 11) is 0. The Morgan fingerprint density at radius 2 is 1.96 bits per heavy atom. The lowest BCUT2D eigenvalue weighted by molar-refractivity contribution is -0.115. The van der Waals surface area contributed by atoms with Gasteiger partial charge >= 0.3 is 0 Å². The van der Waals surface area contributed by atoms with Gasteiger partial charge in [-0.05, 0) is 46.3 Å². The SMILES string of the molecule is O=C(CNC(=O)c1cc(Br)nn1-c1ncccc1Cl)Nc1ccc(F)c(Cl)c1. The molecule has 0 radical (unpaired) electrons. The van der Waals surface area contributed by atoms with Crippen molar-refractivity contribution in [3.8, 4) is 5.82 Å². The van der Waals surface area contributed by atoms with Crippen LogP contribution < -0.4 is 10.6 Å². The summed E-state index contributed by atoms with van der Waals surface area (Å²) in [6.07, 6.45) is 1.51. The van der Waals surface area contributed by atoms with Crippen LogP contribution in [0.2, 0.25) is 10.0 Å². The smallest absolute Gasteiger partial charge is 0.270 e. The van der Waals surface area contributed by atoms with Crippen LogP contribution in [0, 0.1) is 5.82 Å². The number of benzene rings is 1. The highest BCUT2D eigenvalue weighted by Crippen LogP contribution is 2.21. The van der Waals surface area contributed by atoms with Gasteiger partial charge < -0.3 is 10.6 Å². The number of halogens is 4. The van der Waals surface area contributed by atoms with Gasteiger partial charge in [0, 0.05) is 18.0 Å². The van der Waals surface area contributed by atoms with Crippen LogP contribution in [0.25, 0.3) is 5.82 Å². The van der Waals surface area contributed by atoms with E-state index in [4.69, 9.17) is 23.2 Å². The minimum absolute atomic E-state index is 0.122. The maximum Gasteiger partial charge on any atom is 0.270 e. The molecule has 7 nitrogen and oxygen atoms in total. The van der Waals surface area contributed by atoms with Crippen LogP contribution in [-0.2, 0) is 4.79 Å². The molecule has 2 amide bonds. The second-order valence-electron chi connectivity index (χ2n) is 5.43. The lowest BCUT2D eigenvalue weighted by Crippen LogP contribution is -2.34. The van der Waals surface area contributed by atoms with E-state index < -0.39 is 17.6 Å². The molecule has 2 heterocycles. The summed E-state index contributed by atoms with van der Waals surface area (Å²) < 4.78 is 14.8. The second-order valence-corrected chi connectivity index (χ2v) is 7.06. The lowest BCUT2D eigenvalue weighted by atomic mass is 10.3. The van der Waals surface area contributed by atoms with Gasteiger partial charge in [-0.15, -0.1) is 0 Å². The van der Waals surface area contributed by atoms with E-state index in [2.05, 4.69) is 36.6 Å². The topological polar surface area (TPSA) is 88.9 Å². The van der Waals surface area contributed by atoms with Crippen LogP contribution in [0.3, 0.4) is 0 Å². The maximum atomic E-state index is 13.2. The van der Waals surface area contributed by atoms with Gasteiger partial charge in [-0.1, -0.05) is 23.2 Å². The molecule has 0 saturated heterocycles. The zero-order valence-corrected chi connectivity index (χ0v) is 17.0. The van der Waals surface area contributed by atoms with Gasteiger partial charge in [0.1, 0.15) is 16.1 Å². The molecule has 2 aromatic heterocycles. The van der Waals surface area contributed by atoms with Gasteiger partial charge in [-0.2, -0.15) is 5.10 Å². The van der Waals surface area contributed by atoms with Gasteiger partial charge in [0.25, 0.3) is 5.91 Å². The molecule has 0 aliphatic heterocycles. The summed E-state index contributed by atoms with van der Waals surface area (Å²) in [4.78, 5) is 28.7. The lowest BCUT2D eigenvalue weighted by Gasteiger charge is -2.09. The Morgan fingerprint density at radius 1 is 1.18 bits per heavy atom. The highest BCUT2D eigenvalue weighted by Gasteiger charge is 2.19. The molecule has 0 unspecified atom stereocenters. The molecule has 0 saturated carbocycles. The van der Waals surface area contributed by atoms with Gasteiger partial charge in [-0.3, -0.25) is 9.59 Å². The van der Waals surface area contributed by atoms with E-state index in [0.717, 1.165) is 6.07 Å². The molecule has 144 valence electrons. The van der Waals surface area contributed by atoms with E-state index in [1.807, 2.05) is 0 Å². The fourth-order valence-corrected chi connectivity index (χ4v) is 3.00. The standard InChI is InChI=1S/C17H11BrCl2FN5O2/c18-14-7-13(26(25-14)16-10(19)2-1-5-22-16)17(28)23-8-15(27)24-9-3-4-12(21)11(20)6-9/h1-7H,8H2,(H,23,28)(H,24,27). The minimum atomic E-state index is -0.597. The number of nitrogens with one attached hydrogen (secondary N) is 2. The molecule has 0 bridgehead atoms. The summed E-state index contributed by atoms with van der Waals surface area (Å²) in [5, 5.41) is 9.32. The highest BCUT2D eigenvalue weighted by molar-refractivity contribution is 9.10. The third kappa shape index (κ3) is 4.67. The van der Waals surface area contributed by atoms with Crippen molar-refractivity contribution in [2.45, 2.75) is 0 Å². The molecule has 11 heteroatoms. The fraction of sp³-hybridized carbons (Fsp3) is 0.0588. The van der Waals surface area contributed by atoms with E-state index in [1.54, 1.807) is 12.1 Å². The summed E-state index contributed by atoms with van der Waals surface area (Å²) >= 11 is 15.0. The van der Waals surface area contributed by atoms with Crippen molar-refractivity contribution >= 4 is 56.6 Å². The Bertz CT molecular complexity index is 1060. The number of anilines is 1. The average Bonchev–Trinajstić information content (AvgIpc) is 3.05. The third-order valence-electron chi connectivity index (χ3n) is 3.46. The van der Waals surface area contributed by atoms with Gasteiger partial charge in [0.2, 0.25) is 5.91 Å². The van der Waals surface area contributed by atoms with E-state index in [-0.39, 0.29) is 23.1 Å². The van der Waals surface area contributed by atoms with Crippen LogP contribution in [0.1, 0.15) is 10.5 Å². The zero-order valence-electron chi connectivity index (χ0n) is 13.9. The number of aromatic nitrogens is 3. The first-order valence-electron chi connectivity index (χ1n) is 7.74.